The molecule has 3 N–H and O–H groups in total. The lowest BCUT2D eigenvalue weighted by Gasteiger charge is -2.19. The fourth-order valence-corrected chi connectivity index (χ4v) is 2.16. The molecule has 0 aromatic heterocycles. The van der Waals surface area contributed by atoms with Gasteiger partial charge in [0.2, 0.25) is 5.91 Å². The van der Waals surface area contributed by atoms with Crippen molar-refractivity contribution in [1.82, 2.24) is 10.2 Å². The average molecular weight is 263 g/mol. The summed E-state index contributed by atoms with van der Waals surface area (Å²) in [5.74, 6) is 0.934. The summed E-state index contributed by atoms with van der Waals surface area (Å²) in [6, 6.07) is 7.79. The molecule has 0 bridgehead atoms. The molecule has 0 unspecified atom stereocenters. The van der Waals surface area contributed by atoms with Gasteiger partial charge in [-0.15, -0.1) is 0 Å². The number of ether oxygens (including phenoxy) is 1. The first kappa shape index (κ1) is 13.8. The van der Waals surface area contributed by atoms with Crippen LogP contribution in [0.15, 0.2) is 24.3 Å². The second-order valence-electron chi connectivity index (χ2n) is 4.64. The quantitative estimate of drug-likeness (QED) is 0.804. The number of nitrogens with one attached hydrogen (secondary N) is 1. The number of benzene rings is 1. The number of carbonyl (C=O) groups is 1. The van der Waals surface area contributed by atoms with Crippen LogP contribution in [0.4, 0.5) is 0 Å². The first-order chi connectivity index (χ1) is 9.29. The number of nitrogens with zero attached hydrogens (tertiary/aromatic N) is 1. The molecular weight excluding hydrogens is 242 g/mol. The van der Waals surface area contributed by atoms with Gasteiger partial charge in [-0.2, -0.15) is 0 Å². The number of para-hydroxylation sites is 1. The van der Waals surface area contributed by atoms with Gasteiger partial charge in [-0.1, -0.05) is 18.2 Å². The minimum atomic E-state index is 0.0971. The van der Waals surface area contributed by atoms with Crippen LogP contribution in [0.3, 0.4) is 0 Å². The molecule has 0 spiro atoms. The predicted molar refractivity (Wildman–Crippen MR) is 73.9 cm³/mol. The van der Waals surface area contributed by atoms with Crippen LogP contribution >= 0.6 is 0 Å². The minimum Gasteiger partial charge on any atom is -0.492 e. The summed E-state index contributed by atoms with van der Waals surface area (Å²) in [6.07, 6.45) is 0.991. The van der Waals surface area contributed by atoms with Gasteiger partial charge in [0.05, 0.1) is 6.54 Å². The smallest absolute Gasteiger partial charge is 0.234 e. The molecule has 5 nitrogen and oxygen atoms in total. The molecule has 0 saturated carbocycles. The third-order valence-corrected chi connectivity index (χ3v) is 3.20. The standard InChI is InChI=1S/C14H21N3O2/c15-10-12-4-1-2-5-13(12)19-9-8-17-7-3-6-16-14(18)11-17/h1-2,4-5H,3,6-11,15H2,(H,16,18). The van der Waals surface area contributed by atoms with Crippen LogP contribution < -0.4 is 15.8 Å². The molecule has 1 aliphatic heterocycles. The summed E-state index contributed by atoms with van der Waals surface area (Å²) >= 11 is 0. The average Bonchev–Trinajstić information content (AvgIpc) is 2.64. The Hall–Kier alpha value is -1.59. The van der Waals surface area contributed by atoms with E-state index in [1.165, 1.54) is 0 Å². The zero-order valence-electron chi connectivity index (χ0n) is 11.1. The summed E-state index contributed by atoms with van der Waals surface area (Å²) in [5.41, 5.74) is 6.67. The normalized spacial score (nSPS) is 16.8. The van der Waals surface area contributed by atoms with Crippen LogP contribution in [0.5, 0.6) is 5.75 Å². The molecular formula is C14H21N3O2. The highest BCUT2D eigenvalue weighted by Gasteiger charge is 2.14. The van der Waals surface area contributed by atoms with Crippen LogP contribution in [0.1, 0.15) is 12.0 Å². The highest BCUT2D eigenvalue weighted by Crippen LogP contribution is 2.16. The van der Waals surface area contributed by atoms with Crippen molar-refractivity contribution in [3.05, 3.63) is 29.8 Å². The van der Waals surface area contributed by atoms with Gasteiger partial charge in [0.15, 0.2) is 0 Å². The van der Waals surface area contributed by atoms with Gasteiger partial charge in [0, 0.05) is 31.7 Å². The van der Waals surface area contributed by atoms with E-state index in [0.29, 0.717) is 19.7 Å². The molecule has 1 fully saturated rings. The Morgan fingerprint density at radius 2 is 2.21 bits per heavy atom. The second-order valence-corrected chi connectivity index (χ2v) is 4.64. The highest BCUT2D eigenvalue weighted by atomic mass is 16.5. The van der Waals surface area contributed by atoms with Crippen LogP contribution in [0.2, 0.25) is 0 Å². The van der Waals surface area contributed by atoms with Crippen LogP contribution in [0, 0.1) is 0 Å². The zero-order chi connectivity index (χ0) is 13.5. The Morgan fingerprint density at radius 1 is 1.37 bits per heavy atom. The van der Waals surface area contributed by atoms with Crippen molar-refractivity contribution in [2.45, 2.75) is 13.0 Å². The fraction of sp³-hybridized carbons (Fsp3) is 0.500. The minimum absolute atomic E-state index is 0.0971. The first-order valence-corrected chi connectivity index (χ1v) is 6.69. The number of carbonyl (C=O) groups excluding carboxylic acids is 1. The monoisotopic (exact) mass is 263 g/mol. The third kappa shape index (κ3) is 4.22. The van der Waals surface area contributed by atoms with E-state index in [0.717, 1.165) is 37.4 Å². The van der Waals surface area contributed by atoms with E-state index in [1.807, 2.05) is 24.3 Å². The van der Waals surface area contributed by atoms with Crippen LogP contribution in [-0.4, -0.2) is 43.6 Å². The lowest BCUT2D eigenvalue weighted by Crippen LogP contribution is -2.35. The van der Waals surface area contributed by atoms with E-state index in [1.54, 1.807) is 0 Å². The molecule has 1 aromatic rings. The maximum absolute atomic E-state index is 11.4. The Labute approximate surface area is 113 Å². The molecule has 2 rings (SSSR count). The first-order valence-electron chi connectivity index (χ1n) is 6.69. The molecule has 1 amide bonds. The molecule has 19 heavy (non-hydrogen) atoms. The lowest BCUT2D eigenvalue weighted by atomic mass is 10.2. The summed E-state index contributed by atoms with van der Waals surface area (Å²) in [7, 11) is 0. The number of hydrogen-bond donors (Lipinski definition) is 2. The number of nitrogens with two attached hydrogens (primary N) is 1. The van der Waals surface area contributed by atoms with E-state index in [9.17, 15) is 4.79 Å². The summed E-state index contributed by atoms with van der Waals surface area (Å²) in [4.78, 5) is 13.5. The van der Waals surface area contributed by atoms with Gasteiger partial charge in [0.25, 0.3) is 0 Å². The van der Waals surface area contributed by atoms with E-state index in [4.69, 9.17) is 10.5 Å². The summed E-state index contributed by atoms with van der Waals surface area (Å²) in [6.45, 7) is 3.97. The maximum Gasteiger partial charge on any atom is 0.234 e. The topological polar surface area (TPSA) is 67.6 Å². The molecule has 0 aliphatic carbocycles. The Balaban J connectivity index is 1.80. The third-order valence-electron chi connectivity index (χ3n) is 3.20. The van der Waals surface area contributed by atoms with Crippen molar-refractivity contribution in [2.24, 2.45) is 5.73 Å². The Kier molecular flexibility index (Phi) is 5.18. The van der Waals surface area contributed by atoms with Gasteiger partial charge in [-0.3, -0.25) is 9.69 Å². The fourth-order valence-electron chi connectivity index (χ4n) is 2.16. The molecule has 5 heteroatoms. The van der Waals surface area contributed by atoms with Crippen molar-refractivity contribution in [1.29, 1.82) is 0 Å². The number of rotatable bonds is 5. The molecule has 0 radical (unpaired) electrons. The van der Waals surface area contributed by atoms with Crippen LogP contribution in [-0.2, 0) is 11.3 Å². The molecule has 1 aliphatic rings. The molecule has 1 saturated heterocycles. The van der Waals surface area contributed by atoms with E-state index in [-0.39, 0.29) is 5.91 Å². The van der Waals surface area contributed by atoms with E-state index in [2.05, 4.69) is 10.2 Å². The predicted octanol–water partition coefficient (Wildman–Crippen LogP) is 0.346. The van der Waals surface area contributed by atoms with Crippen molar-refractivity contribution < 1.29 is 9.53 Å². The molecule has 104 valence electrons. The van der Waals surface area contributed by atoms with Gasteiger partial charge in [0.1, 0.15) is 12.4 Å². The zero-order valence-corrected chi connectivity index (χ0v) is 11.1. The van der Waals surface area contributed by atoms with E-state index < -0.39 is 0 Å². The van der Waals surface area contributed by atoms with Gasteiger partial charge in [-0.05, 0) is 12.5 Å². The molecule has 0 atom stereocenters. The lowest BCUT2D eigenvalue weighted by molar-refractivity contribution is -0.121. The Morgan fingerprint density at radius 3 is 3.05 bits per heavy atom. The molecule has 1 heterocycles. The molecule has 1 aromatic carbocycles. The van der Waals surface area contributed by atoms with Gasteiger partial charge in [-0.25, -0.2) is 0 Å². The second kappa shape index (κ2) is 7.11. The highest BCUT2D eigenvalue weighted by molar-refractivity contribution is 5.78. The summed E-state index contributed by atoms with van der Waals surface area (Å²) in [5, 5.41) is 2.86. The van der Waals surface area contributed by atoms with Crippen molar-refractivity contribution in [3.8, 4) is 5.75 Å². The van der Waals surface area contributed by atoms with Crippen molar-refractivity contribution >= 4 is 5.91 Å². The van der Waals surface area contributed by atoms with Crippen molar-refractivity contribution in [2.75, 3.05) is 32.8 Å². The van der Waals surface area contributed by atoms with Crippen LogP contribution in [0.25, 0.3) is 0 Å². The number of hydrogen-bond acceptors (Lipinski definition) is 4. The maximum atomic E-state index is 11.4. The number of amides is 1. The summed E-state index contributed by atoms with van der Waals surface area (Å²) < 4.78 is 5.75. The Bertz CT molecular complexity index is 423. The largest absolute Gasteiger partial charge is 0.492 e. The van der Waals surface area contributed by atoms with E-state index >= 15 is 0 Å². The SMILES string of the molecule is NCc1ccccc1OCCN1CCCNC(=O)C1. The van der Waals surface area contributed by atoms with Gasteiger partial charge < -0.3 is 15.8 Å². The van der Waals surface area contributed by atoms with Crippen molar-refractivity contribution in [3.63, 3.8) is 0 Å². The van der Waals surface area contributed by atoms with Gasteiger partial charge >= 0.3 is 0 Å².